The van der Waals surface area contributed by atoms with Gasteiger partial charge in [-0.3, -0.25) is 14.6 Å². The Kier molecular flexibility index (Phi) is 9.61. The smallest absolute Gasteiger partial charge is 0.326 e. The van der Waals surface area contributed by atoms with Crippen molar-refractivity contribution in [1.82, 2.24) is 15.6 Å². The molecular weight excluding hydrogens is 474 g/mol. The summed E-state index contributed by atoms with van der Waals surface area (Å²) in [7, 11) is 0. The number of nitrogens with two attached hydrogens (primary N) is 3. The van der Waals surface area contributed by atoms with Gasteiger partial charge in [0.2, 0.25) is 11.8 Å². The van der Waals surface area contributed by atoms with Gasteiger partial charge >= 0.3 is 5.97 Å². The van der Waals surface area contributed by atoms with Crippen molar-refractivity contribution < 1.29 is 19.5 Å². The minimum atomic E-state index is -1.21. The van der Waals surface area contributed by atoms with E-state index in [9.17, 15) is 19.5 Å². The molecule has 3 atom stereocenters. The van der Waals surface area contributed by atoms with Crippen molar-refractivity contribution in [1.29, 1.82) is 0 Å². The highest BCUT2D eigenvalue weighted by atomic mass is 16.4. The molecule has 1 heterocycles. The molecule has 0 bridgehead atoms. The maximum Gasteiger partial charge on any atom is 0.326 e. The average Bonchev–Trinajstić information content (AvgIpc) is 3.28. The Balaban J connectivity index is 1.70. The number of hydrogen-bond donors (Lipinski definition) is 7. The Morgan fingerprint density at radius 2 is 1.59 bits per heavy atom. The number of para-hydroxylation sites is 1. The van der Waals surface area contributed by atoms with Crippen LogP contribution in [-0.2, 0) is 27.2 Å². The molecule has 0 radical (unpaired) electrons. The van der Waals surface area contributed by atoms with Gasteiger partial charge < -0.3 is 37.9 Å². The van der Waals surface area contributed by atoms with Gasteiger partial charge in [0.15, 0.2) is 5.96 Å². The summed E-state index contributed by atoms with van der Waals surface area (Å²) >= 11 is 0. The standard InChI is InChI=1S/C26H33N7O4/c27-19(13-16-7-2-1-3-8-16)23(34)32-21(11-6-12-30-26(28)29)24(35)33-22(25(36)37)14-17-15-31-20-10-5-4-9-18(17)20/h1-5,7-10,15,19,21-22,31H,6,11-14,27H2,(H,32,34)(H,33,35)(H,36,37)(H4,28,29,30). The van der Waals surface area contributed by atoms with Crippen molar-refractivity contribution in [3.05, 3.63) is 71.9 Å². The van der Waals surface area contributed by atoms with Gasteiger partial charge in [-0.15, -0.1) is 0 Å². The largest absolute Gasteiger partial charge is 0.480 e. The number of H-pyrrole nitrogens is 1. The summed E-state index contributed by atoms with van der Waals surface area (Å²) in [6.45, 7) is 0.246. The van der Waals surface area contributed by atoms with E-state index in [-0.39, 0.29) is 31.8 Å². The van der Waals surface area contributed by atoms with Gasteiger partial charge in [0, 0.05) is 30.1 Å². The fourth-order valence-electron chi connectivity index (χ4n) is 4.00. The van der Waals surface area contributed by atoms with E-state index in [0.717, 1.165) is 22.0 Å². The van der Waals surface area contributed by atoms with Crippen LogP contribution in [0.25, 0.3) is 10.9 Å². The lowest BCUT2D eigenvalue weighted by Crippen LogP contribution is -2.55. The van der Waals surface area contributed by atoms with Crippen molar-refractivity contribution >= 4 is 34.6 Å². The number of aromatic nitrogens is 1. The van der Waals surface area contributed by atoms with E-state index in [2.05, 4.69) is 20.6 Å². The molecular formula is C26H33N7O4. The van der Waals surface area contributed by atoms with Crippen molar-refractivity contribution in [3.63, 3.8) is 0 Å². The SMILES string of the molecule is NC(N)=NCCCC(NC(=O)C(N)Cc1ccccc1)C(=O)NC(Cc1c[nH]c2ccccc12)C(=O)O. The van der Waals surface area contributed by atoms with Gasteiger partial charge in [0.1, 0.15) is 12.1 Å². The maximum absolute atomic E-state index is 13.2. The second-order valence-corrected chi connectivity index (χ2v) is 8.77. The first-order valence-corrected chi connectivity index (χ1v) is 12.0. The summed E-state index contributed by atoms with van der Waals surface area (Å²) < 4.78 is 0. The van der Waals surface area contributed by atoms with Crippen molar-refractivity contribution in [2.45, 2.75) is 43.8 Å². The normalized spacial score (nSPS) is 13.3. The van der Waals surface area contributed by atoms with Crippen molar-refractivity contribution in [2.75, 3.05) is 6.54 Å². The van der Waals surface area contributed by atoms with Gasteiger partial charge in [0.25, 0.3) is 0 Å². The zero-order valence-corrected chi connectivity index (χ0v) is 20.4. The molecule has 0 aliphatic heterocycles. The zero-order chi connectivity index (χ0) is 26.8. The number of carbonyl (C=O) groups is 3. The predicted molar refractivity (Wildman–Crippen MR) is 142 cm³/mol. The first-order chi connectivity index (χ1) is 17.7. The van der Waals surface area contributed by atoms with E-state index in [0.29, 0.717) is 6.42 Å². The number of carboxylic acid groups (broad SMARTS) is 1. The van der Waals surface area contributed by atoms with E-state index in [4.69, 9.17) is 17.2 Å². The lowest BCUT2D eigenvalue weighted by atomic mass is 10.0. The highest BCUT2D eigenvalue weighted by Crippen LogP contribution is 2.19. The molecule has 11 heteroatoms. The first-order valence-electron chi connectivity index (χ1n) is 12.0. The number of aliphatic imine (C=N–C) groups is 1. The van der Waals surface area contributed by atoms with Crippen LogP contribution in [0.1, 0.15) is 24.0 Å². The molecule has 11 nitrogen and oxygen atoms in total. The third-order valence-corrected chi connectivity index (χ3v) is 5.93. The molecule has 0 aliphatic carbocycles. The van der Waals surface area contributed by atoms with Crippen LogP contribution in [0, 0.1) is 0 Å². The predicted octanol–water partition coefficient (Wildman–Crippen LogP) is 0.388. The number of nitrogens with one attached hydrogen (secondary N) is 3. The summed E-state index contributed by atoms with van der Waals surface area (Å²) in [6, 6.07) is 13.6. The number of amides is 2. The Bertz CT molecular complexity index is 1240. The maximum atomic E-state index is 13.2. The summed E-state index contributed by atoms with van der Waals surface area (Å²) in [4.78, 5) is 45.0. The summed E-state index contributed by atoms with van der Waals surface area (Å²) in [5.41, 5.74) is 19.3. The van der Waals surface area contributed by atoms with Gasteiger partial charge in [-0.25, -0.2) is 4.79 Å². The molecule has 196 valence electrons. The van der Waals surface area contributed by atoms with Crippen LogP contribution in [0.4, 0.5) is 0 Å². The van der Waals surface area contributed by atoms with Crippen LogP contribution < -0.4 is 27.8 Å². The molecule has 3 aromatic rings. The van der Waals surface area contributed by atoms with Crippen LogP contribution in [0.5, 0.6) is 0 Å². The van der Waals surface area contributed by atoms with Gasteiger partial charge in [-0.1, -0.05) is 48.5 Å². The topological polar surface area (TPSA) is 202 Å². The molecule has 0 spiro atoms. The summed E-state index contributed by atoms with van der Waals surface area (Å²) in [5, 5.41) is 15.9. The third-order valence-electron chi connectivity index (χ3n) is 5.93. The number of hydrogen-bond acceptors (Lipinski definition) is 5. The molecule has 0 fully saturated rings. The lowest BCUT2D eigenvalue weighted by molar-refractivity contribution is -0.142. The number of carbonyl (C=O) groups excluding carboxylic acids is 2. The molecule has 1 aromatic heterocycles. The van der Waals surface area contributed by atoms with Crippen molar-refractivity contribution in [3.8, 4) is 0 Å². The minimum Gasteiger partial charge on any atom is -0.480 e. The van der Waals surface area contributed by atoms with E-state index in [1.54, 1.807) is 6.20 Å². The van der Waals surface area contributed by atoms with Crippen LogP contribution >= 0.6 is 0 Å². The fourth-order valence-corrected chi connectivity index (χ4v) is 4.00. The molecule has 10 N–H and O–H groups in total. The molecule has 2 amide bonds. The molecule has 37 heavy (non-hydrogen) atoms. The summed E-state index contributed by atoms with van der Waals surface area (Å²) in [6.07, 6.45) is 2.64. The Morgan fingerprint density at radius 1 is 0.919 bits per heavy atom. The lowest BCUT2D eigenvalue weighted by Gasteiger charge is -2.23. The highest BCUT2D eigenvalue weighted by Gasteiger charge is 2.28. The number of fused-ring (bicyclic) bond motifs is 1. The number of nitrogens with zero attached hydrogens (tertiary/aromatic N) is 1. The van der Waals surface area contributed by atoms with Gasteiger partial charge in [0.05, 0.1) is 6.04 Å². The molecule has 3 rings (SSSR count). The van der Waals surface area contributed by atoms with Crippen LogP contribution in [0.15, 0.2) is 65.8 Å². The molecule has 0 aliphatic rings. The average molecular weight is 508 g/mol. The Hall–Kier alpha value is -4.38. The highest BCUT2D eigenvalue weighted by molar-refractivity contribution is 5.92. The quantitative estimate of drug-likeness (QED) is 0.0984. The van der Waals surface area contributed by atoms with Gasteiger partial charge in [-0.05, 0) is 36.5 Å². The molecule has 0 saturated heterocycles. The number of benzene rings is 2. The molecule has 0 saturated carbocycles. The number of aromatic amines is 1. The monoisotopic (exact) mass is 507 g/mol. The number of carboxylic acids is 1. The number of rotatable bonds is 13. The third kappa shape index (κ3) is 8.07. The van der Waals surface area contributed by atoms with E-state index in [1.165, 1.54) is 0 Å². The number of guanidine groups is 1. The van der Waals surface area contributed by atoms with Crippen LogP contribution in [0.2, 0.25) is 0 Å². The second-order valence-electron chi connectivity index (χ2n) is 8.77. The Labute approximate surface area is 214 Å². The number of aliphatic carboxylic acids is 1. The van der Waals surface area contributed by atoms with Crippen LogP contribution in [-0.4, -0.2) is 58.5 Å². The van der Waals surface area contributed by atoms with E-state index < -0.39 is 35.9 Å². The second kappa shape index (κ2) is 13.1. The van der Waals surface area contributed by atoms with E-state index in [1.807, 2.05) is 54.6 Å². The summed E-state index contributed by atoms with van der Waals surface area (Å²) in [5.74, 6) is -2.42. The van der Waals surface area contributed by atoms with Gasteiger partial charge in [-0.2, -0.15) is 0 Å². The molecule has 2 aromatic carbocycles. The fraction of sp³-hybridized carbons (Fsp3) is 0.308. The van der Waals surface area contributed by atoms with Crippen molar-refractivity contribution in [2.24, 2.45) is 22.2 Å². The van der Waals surface area contributed by atoms with Crippen LogP contribution in [0.3, 0.4) is 0 Å². The zero-order valence-electron chi connectivity index (χ0n) is 20.4. The first kappa shape index (κ1) is 27.2. The van der Waals surface area contributed by atoms with E-state index >= 15 is 0 Å². The Morgan fingerprint density at radius 3 is 2.30 bits per heavy atom. The molecule has 3 unspecified atom stereocenters. The minimum absolute atomic E-state index is 0.0628.